The molecule has 2 fully saturated rings. The van der Waals surface area contributed by atoms with Crippen LogP contribution in [-0.2, 0) is 18.9 Å². The number of rotatable bonds is 11. The quantitative estimate of drug-likeness (QED) is 0.333. The summed E-state index contributed by atoms with van der Waals surface area (Å²) in [7, 11) is 3.59. The van der Waals surface area contributed by atoms with E-state index >= 15 is 0 Å². The molecule has 0 atom stereocenters. The van der Waals surface area contributed by atoms with Crippen molar-refractivity contribution in [2.75, 3.05) is 73.4 Å². The summed E-state index contributed by atoms with van der Waals surface area (Å²) in [4.78, 5) is 6.77. The number of hydrogen-bond donors (Lipinski definition) is 1. The predicted octanol–water partition coefficient (Wildman–Crippen LogP) is 1.91. The summed E-state index contributed by atoms with van der Waals surface area (Å²) >= 11 is 0. The van der Waals surface area contributed by atoms with Crippen LogP contribution in [0.4, 0.5) is 0 Å². The van der Waals surface area contributed by atoms with Crippen LogP contribution >= 0.6 is 0 Å². The van der Waals surface area contributed by atoms with Gasteiger partial charge in [-0.25, -0.2) is 0 Å². The molecule has 0 aromatic rings. The van der Waals surface area contributed by atoms with Crippen LogP contribution in [0.3, 0.4) is 0 Å². The van der Waals surface area contributed by atoms with Crippen LogP contribution in [-0.4, -0.2) is 90.4 Å². The molecular weight excluding hydrogens is 346 g/mol. The van der Waals surface area contributed by atoms with Gasteiger partial charge >= 0.3 is 0 Å². The Morgan fingerprint density at radius 1 is 1.07 bits per heavy atom. The van der Waals surface area contributed by atoms with E-state index in [1.807, 2.05) is 7.05 Å². The fraction of sp³-hybridized carbons (Fsp3) is 0.950. The fourth-order valence-electron chi connectivity index (χ4n) is 3.56. The number of ether oxygens (including phenoxy) is 4. The summed E-state index contributed by atoms with van der Waals surface area (Å²) in [6, 6.07) is 0. The van der Waals surface area contributed by atoms with Crippen molar-refractivity contribution in [1.29, 1.82) is 0 Å². The number of methoxy groups -OCH3 is 1. The van der Waals surface area contributed by atoms with Gasteiger partial charge in [-0.1, -0.05) is 0 Å². The van der Waals surface area contributed by atoms with Gasteiger partial charge in [0.15, 0.2) is 5.96 Å². The standard InChI is InChI=1S/C20H39N3O4/c1-21-20(22-9-3-13-26-17-18-7-15-25-16-8-18)23-10-5-19(6-11-23)27-14-4-12-24-2/h18-19H,3-17H2,1-2H3,(H,21,22). The van der Waals surface area contributed by atoms with Gasteiger partial charge in [-0.3, -0.25) is 4.99 Å². The average molecular weight is 386 g/mol. The molecule has 158 valence electrons. The highest BCUT2D eigenvalue weighted by atomic mass is 16.5. The van der Waals surface area contributed by atoms with Gasteiger partial charge in [0, 0.05) is 73.4 Å². The molecule has 0 radical (unpaired) electrons. The van der Waals surface area contributed by atoms with Crippen molar-refractivity contribution in [3.63, 3.8) is 0 Å². The number of hydrogen-bond acceptors (Lipinski definition) is 5. The van der Waals surface area contributed by atoms with Crippen molar-refractivity contribution in [2.45, 2.75) is 44.6 Å². The zero-order valence-corrected chi connectivity index (χ0v) is 17.3. The van der Waals surface area contributed by atoms with Crippen LogP contribution in [0.25, 0.3) is 0 Å². The van der Waals surface area contributed by atoms with E-state index in [0.717, 1.165) is 104 Å². The van der Waals surface area contributed by atoms with Crippen molar-refractivity contribution >= 4 is 5.96 Å². The third kappa shape index (κ3) is 9.23. The van der Waals surface area contributed by atoms with Crippen molar-refractivity contribution in [3.05, 3.63) is 0 Å². The molecule has 0 amide bonds. The minimum absolute atomic E-state index is 0.370. The van der Waals surface area contributed by atoms with E-state index < -0.39 is 0 Å². The maximum atomic E-state index is 5.93. The molecule has 2 aliphatic heterocycles. The van der Waals surface area contributed by atoms with Crippen LogP contribution < -0.4 is 5.32 Å². The molecule has 0 aromatic heterocycles. The van der Waals surface area contributed by atoms with Gasteiger partial charge in [-0.15, -0.1) is 0 Å². The van der Waals surface area contributed by atoms with Gasteiger partial charge in [0.25, 0.3) is 0 Å². The van der Waals surface area contributed by atoms with Crippen LogP contribution in [0.15, 0.2) is 4.99 Å². The van der Waals surface area contributed by atoms with E-state index in [-0.39, 0.29) is 0 Å². The van der Waals surface area contributed by atoms with E-state index in [1.54, 1.807) is 7.11 Å². The molecule has 0 aliphatic carbocycles. The molecule has 0 bridgehead atoms. The highest BCUT2D eigenvalue weighted by molar-refractivity contribution is 5.79. The summed E-state index contributed by atoms with van der Waals surface area (Å²) in [5, 5.41) is 3.47. The largest absolute Gasteiger partial charge is 0.385 e. The lowest BCUT2D eigenvalue weighted by Gasteiger charge is -2.34. The van der Waals surface area contributed by atoms with Crippen molar-refractivity contribution < 1.29 is 18.9 Å². The SMILES string of the molecule is CN=C(NCCCOCC1CCOCC1)N1CCC(OCCCOC)CC1. The Kier molecular flexibility index (Phi) is 11.7. The lowest BCUT2D eigenvalue weighted by molar-refractivity contribution is 0.00982. The monoisotopic (exact) mass is 385 g/mol. The molecule has 2 aliphatic rings. The highest BCUT2D eigenvalue weighted by Gasteiger charge is 2.21. The third-order valence-corrected chi connectivity index (χ3v) is 5.24. The molecule has 2 rings (SSSR count). The van der Waals surface area contributed by atoms with Crippen LogP contribution in [0, 0.1) is 5.92 Å². The Labute approximate surface area is 164 Å². The fourth-order valence-corrected chi connectivity index (χ4v) is 3.56. The van der Waals surface area contributed by atoms with Crippen molar-refractivity contribution in [3.8, 4) is 0 Å². The second-order valence-electron chi connectivity index (χ2n) is 7.36. The first-order valence-corrected chi connectivity index (χ1v) is 10.5. The smallest absolute Gasteiger partial charge is 0.193 e. The number of likely N-dealkylation sites (tertiary alicyclic amines) is 1. The van der Waals surface area contributed by atoms with E-state index in [1.165, 1.54) is 0 Å². The molecule has 0 unspecified atom stereocenters. The van der Waals surface area contributed by atoms with Gasteiger partial charge in [-0.05, 0) is 44.4 Å². The lowest BCUT2D eigenvalue weighted by atomic mass is 10.0. The van der Waals surface area contributed by atoms with Gasteiger partial charge in [0.1, 0.15) is 0 Å². The summed E-state index contributed by atoms with van der Waals surface area (Å²) < 4.78 is 22.2. The molecule has 2 saturated heterocycles. The molecule has 0 spiro atoms. The second-order valence-corrected chi connectivity index (χ2v) is 7.36. The number of guanidine groups is 1. The van der Waals surface area contributed by atoms with Crippen LogP contribution in [0.1, 0.15) is 38.5 Å². The molecule has 7 nitrogen and oxygen atoms in total. The van der Waals surface area contributed by atoms with Gasteiger partial charge in [0.2, 0.25) is 0 Å². The summed E-state index contributed by atoms with van der Waals surface area (Å²) in [5.41, 5.74) is 0. The predicted molar refractivity (Wildman–Crippen MR) is 107 cm³/mol. The van der Waals surface area contributed by atoms with Crippen molar-refractivity contribution in [1.82, 2.24) is 10.2 Å². The van der Waals surface area contributed by atoms with Crippen molar-refractivity contribution in [2.24, 2.45) is 10.9 Å². The van der Waals surface area contributed by atoms with Gasteiger partial charge in [0.05, 0.1) is 6.10 Å². The summed E-state index contributed by atoms with van der Waals surface area (Å²) in [6.07, 6.45) is 6.73. The average Bonchev–Trinajstić information content (AvgIpc) is 2.72. The first-order valence-electron chi connectivity index (χ1n) is 10.5. The Morgan fingerprint density at radius 2 is 1.85 bits per heavy atom. The minimum Gasteiger partial charge on any atom is -0.385 e. The van der Waals surface area contributed by atoms with Crippen LogP contribution in [0.2, 0.25) is 0 Å². The second kappa shape index (κ2) is 14.2. The Morgan fingerprint density at radius 3 is 2.56 bits per heavy atom. The normalized spacial score (nSPS) is 20.2. The number of aliphatic imine (C=N–C) groups is 1. The molecule has 2 heterocycles. The highest BCUT2D eigenvalue weighted by Crippen LogP contribution is 2.15. The van der Waals surface area contributed by atoms with E-state index in [2.05, 4.69) is 15.2 Å². The first-order chi connectivity index (χ1) is 13.3. The third-order valence-electron chi connectivity index (χ3n) is 5.24. The van der Waals surface area contributed by atoms with Gasteiger partial charge in [-0.2, -0.15) is 0 Å². The Hall–Kier alpha value is -0.890. The minimum atomic E-state index is 0.370. The lowest BCUT2D eigenvalue weighted by Crippen LogP contribution is -2.47. The molecule has 27 heavy (non-hydrogen) atoms. The van der Waals surface area contributed by atoms with E-state index in [9.17, 15) is 0 Å². The molecule has 0 saturated carbocycles. The maximum absolute atomic E-state index is 5.93. The zero-order chi connectivity index (χ0) is 19.2. The summed E-state index contributed by atoms with van der Waals surface area (Å²) in [5.74, 6) is 1.68. The first kappa shape index (κ1) is 22.4. The molecule has 1 N–H and O–H groups in total. The number of piperidine rings is 1. The zero-order valence-electron chi connectivity index (χ0n) is 17.3. The summed E-state index contributed by atoms with van der Waals surface area (Å²) in [6.45, 7) is 7.90. The maximum Gasteiger partial charge on any atom is 0.193 e. The van der Waals surface area contributed by atoms with E-state index in [0.29, 0.717) is 12.0 Å². The molecule has 0 aromatic carbocycles. The Bertz CT molecular complexity index is 395. The van der Waals surface area contributed by atoms with Gasteiger partial charge < -0.3 is 29.2 Å². The molecule has 7 heteroatoms. The number of nitrogens with one attached hydrogen (secondary N) is 1. The molecular formula is C20H39N3O4. The topological polar surface area (TPSA) is 64.6 Å². The van der Waals surface area contributed by atoms with Crippen LogP contribution in [0.5, 0.6) is 0 Å². The number of nitrogens with zero attached hydrogens (tertiary/aromatic N) is 2. The van der Waals surface area contributed by atoms with E-state index in [4.69, 9.17) is 18.9 Å². The Balaban J connectivity index is 1.50.